The maximum atomic E-state index is 13.1. The summed E-state index contributed by atoms with van der Waals surface area (Å²) in [5, 5.41) is 0. The summed E-state index contributed by atoms with van der Waals surface area (Å²) in [5.74, 6) is 0.393. The molecule has 2 N–H and O–H groups in total. The van der Waals surface area contributed by atoms with Crippen molar-refractivity contribution in [3.05, 3.63) is 59.2 Å². The van der Waals surface area contributed by atoms with Crippen molar-refractivity contribution in [1.82, 2.24) is 14.7 Å². The molecule has 7 heteroatoms. The number of aromatic amines is 1. The number of benzene rings is 2. The zero-order chi connectivity index (χ0) is 17.3. The van der Waals surface area contributed by atoms with Gasteiger partial charge in [0.05, 0.1) is 15.9 Å². The molecule has 0 atom stereocenters. The summed E-state index contributed by atoms with van der Waals surface area (Å²) in [5.41, 5.74) is 3.21. The molecule has 24 heavy (non-hydrogen) atoms. The van der Waals surface area contributed by atoms with Gasteiger partial charge < -0.3 is 4.98 Å². The van der Waals surface area contributed by atoms with Crippen LogP contribution in [0.4, 0.5) is 4.39 Å². The Morgan fingerprint density at radius 2 is 1.96 bits per heavy atom. The largest absolute Gasteiger partial charge is 0.342 e. The van der Waals surface area contributed by atoms with Crippen LogP contribution in [0.2, 0.25) is 0 Å². The molecule has 0 fully saturated rings. The Bertz CT molecular complexity index is 996. The number of hydrogen-bond acceptors (Lipinski definition) is 3. The van der Waals surface area contributed by atoms with Crippen molar-refractivity contribution in [2.24, 2.45) is 0 Å². The first-order valence-corrected chi connectivity index (χ1v) is 9.04. The molecule has 0 aliphatic rings. The lowest BCUT2D eigenvalue weighted by Crippen LogP contribution is -2.26. The van der Waals surface area contributed by atoms with Gasteiger partial charge in [-0.3, -0.25) is 0 Å². The molecule has 2 aromatic carbocycles. The van der Waals surface area contributed by atoms with Gasteiger partial charge in [0, 0.05) is 6.54 Å². The molecule has 0 saturated heterocycles. The third-order valence-electron chi connectivity index (χ3n) is 3.80. The Kier molecular flexibility index (Phi) is 4.38. The van der Waals surface area contributed by atoms with E-state index in [0.29, 0.717) is 12.0 Å². The number of nitrogens with one attached hydrogen (secondary N) is 2. The molecule has 3 aromatic rings. The summed E-state index contributed by atoms with van der Waals surface area (Å²) in [6.45, 7) is 3.72. The Labute approximate surface area is 140 Å². The molecule has 126 valence electrons. The van der Waals surface area contributed by atoms with E-state index in [1.807, 2.05) is 25.1 Å². The summed E-state index contributed by atoms with van der Waals surface area (Å²) in [6, 6.07) is 9.45. The average Bonchev–Trinajstić information content (AvgIpc) is 2.86. The number of nitrogens with zero attached hydrogens (tertiary/aromatic N) is 1. The molecule has 5 nitrogen and oxygen atoms in total. The molecular weight excluding hydrogens is 329 g/mol. The minimum Gasteiger partial charge on any atom is -0.342 e. The van der Waals surface area contributed by atoms with Crippen molar-refractivity contribution in [3.63, 3.8) is 0 Å². The molecule has 0 aliphatic carbocycles. The van der Waals surface area contributed by atoms with Crippen molar-refractivity contribution >= 4 is 21.1 Å². The van der Waals surface area contributed by atoms with E-state index in [0.717, 1.165) is 28.5 Å². The van der Waals surface area contributed by atoms with Crippen molar-refractivity contribution in [3.8, 4) is 0 Å². The lowest BCUT2D eigenvalue weighted by molar-refractivity contribution is 0.580. The van der Waals surface area contributed by atoms with Gasteiger partial charge in [-0.15, -0.1) is 0 Å². The molecule has 0 unspecified atom stereocenters. The molecule has 0 radical (unpaired) electrons. The zero-order valence-corrected chi connectivity index (χ0v) is 14.2. The van der Waals surface area contributed by atoms with E-state index < -0.39 is 15.8 Å². The summed E-state index contributed by atoms with van der Waals surface area (Å²) in [4.78, 5) is 7.59. The van der Waals surface area contributed by atoms with E-state index in [-0.39, 0.29) is 11.4 Å². The van der Waals surface area contributed by atoms with E-state index in [2.05, 4.69) is 14.7 Å². The van der Waals surface area contributed by atoms with Crippen LogP contribution in [0.3, 0.4) is 0 Å². The highest BCUT2D eigenvalue weighted by atomic mass is 32.2. The van der Waals surface area contributed by atoms with E-state index >= 15 is 0 Å². The second kappa shape index (κ2) is 6.33. The van der Waals surface area contributed by atoms with Gasteiger partial charge in [-0.25, -0.2) is 22.5 Å². The molecule has 1 heterocycles. The third-order valence-corrected chi connectivity index (χ3v) is 5.42. The van der Waals surface area contributed by atoms with Gasteiger partial charge in [0.2, 0.25) is 10.0 Å². The van der Waals surface area contributed by atoms with E-state index in [9.17, 15) is 12.8 Å². The van der Waals surface area contributed by atoms with Crippen LogP contribution in [-0.2, 0) is 16.4 Å². The highest BCUT2D eigenvalue weighted by Gasteiger charge is 2.16. The average molecular weight is 347 g/mol. The Balaban J connectivity index is 1.70. The summed E-state index contributed by atoms with van der Waals surface area (Å²) in [7, 11) is -3.65. The third kappa shape index (κ3) is 3.47. The second-order valence-electron chi connectivity index (χ2n) is 5.73. The van der Waals surface area contributed by atoms with Gasteiger partial charge in [-0.2, -0.15) is 0 Å². The van der Waals surface area contributed by atoms with Gasteiger partial charge >= 0.3 is 0 Å². The molecule has 0 bridgehead atoms. The molecule has 0 saturated carbocycles. The zero-order valence-electron chi connectivity index (χ0n) is 13.4. The lowest BCUT2D eigenvalue weighted by atomic mass is 10.1. The number of fused-ring (bicyclic) bond motifs is 1. The summed E-state index contributed by atoms with van der Waals surface area (Å²) < 4.78 is 40.3. The Hall–Kier alpha value is -2.25. The second-order valence-corrected chi connectivity index (χ2v) is 7.47. The number of H-pyrrole nitrogens is 1. The number of hydrogen-bond donors (Lipinski definition) is 2. The van der Waals surface area contributed by atoms with Gasteiger partial charge in [-0.05, 0) is 61.7 Å². The first-order chi connectivity index (χ1) is 11.3. The molecule has 0 spiro atoms. The van der Waals surface area contributed by atoms with Crippen molar-refractivity contribution in [2.45, 2.75) is 25.2 Å². The van der Waals surface area contributed by atoms with Gasteiger partial charge in [0.25, 0.3) is 0 Å². The van der Waals surface area contributed by atoms with Crippen LogP contribution in [0, 0.1) is 19.7 Å². The number of imidazole rings is 1. The van der Waals surface area contributed by atoms with Crippen molar-refractivity contribution in [1.29, 1.82) is 0 Å². The maximum absolute atomic E-state index is 13.1. The highest BCUT2D eigenvalue weighted by Crippen LogP contribution is 2.17. The smallest absolute Gasteiger partial charge is 0.240 e. The number of halogens is 1. The first kappa shape index (κ1) is 16.6. The normalized spacial score (nSPS) is 12.0. The van der Waals surface area contributed by atoms with Gasteiger partial charge in [0.15, 0.2) is 0 Å². The number of sulfonamides is 1. The Morgan fingerprint density at radius 3 is 2.71 bits per heavy atom. The van der Waals surface area contributed by atoms with E-state index in [1.165, 1.54) is 12.1 Å². The van der Waals surface area contributed by atoms with Gasteiger partial charge in [0.1, 0.15) is 11.6 Å². The fourth-order valence-electron chi connectivity index (χ4n) is 2.66. The summed E-state index contributed by atoms with van der Waals surface area (Å²) >= 11 is 0. The van der Waals surface area contributed by atoms with Crippen molar-refractivity contribution in [2.75, 3.05) is 6.54 Å². The predicted molar refractivity (Wildman–Crippen MR) is 90.9 cm³/mol. The maximum Gasteiger partial charge on any atom is 0.240 e. The lowest BCUT2D eigenvalue weighted by Gasteiger charge is -2.09. The van der Waals surface area contributed by atoms with Crippen LogP contribution in [0.15, 0.2) is 41.3 Å². The number of aromatic nitrogens is 2. The summed E-state index contributed by atoms with van der Waals surface area (Å²) in [6.07, 6.45) is 0.549. The fourth-order valence-corrected chi connectivity index (χ4v) is 3.92. The SMILES string of the molecule is Cc1nc2ccc(CCNS(=O)(=O)c3ccc(F)cc3C)cc2[nH]1. The van der Waals surface area contributed by atoms with Crippen LogP contribution in [-0.4, -0.2) is 24.9 Å². The number of rotatable bonds is 5. The van der Waals surface area contributed by atoms with E-state index in [1.54, 1.807) is 6.92 Å². The van der Waals surface area contributed by atoms with Crippen LogP contribution in [0.5, 0.6) is 0 Å². The molecule has 1 aromatic heterocycles. The standard InChI is InChI=1S/C17H18FN3O2S/c1-11-9-14(18)4-6-17(11)24(22,23)19-8-7-13-3-5-15-16(10-13)21-12(2)20-15/h3-6,9-10,19H,7-8H2,1-2H3,(H,20,21). The number of aryl methyl sites for hydroxylation is 2. The minimum atomic E-state index is -3.65. The van der Waals surface area contributed by atoms with Crippen LogP contribution >= 0.6 is 0 Å². The monoisotopic (exact) mass is 347 g/mol. The van der Waals surface area contributed by atoms with Crippen LogP contribution < -0.4 is 4.72 Å². The van der Waals surface area contributed by atoms with Crippen LogP contribution in [0.1, 0.15) is 17.0 Å². The quantitative estimate of drug-likeness (QED) is 0.745. The van der Waals surface area contributed by atoms with E-state index in [4.69, 9.17) is 0 Å². The molecular formula is C17H18FN3O2S. The topological polar surface area (TPSA) is 74.8 Å². The minimum absolute atomic E-state index is 0.101. The fraction of sp³-hybridized carbons (Fsp3) is 0.235. The van der Waals surface area contributed by atoms with Crippen molar-refractivity contribution < 1.29 is 12.8 Å². The van der Waals surface area contributed by atoms with Gasteiger partial charge in [-0.1, -0.05) is 6.07 Å². The molecule has 0 amide bonds. The first-order valence-electron chi connectivity index (χ1n) is 7.56. The van der Waals surface area contributed by atoms with Crippen LogP contribution in [0.25, 0.3) is 11.0 Å². The molecule has 0 aliphatic heterocycles. The molecule has 3 rings (SSSR count). The highest BCUT2D eigenvalue weighted by molar-refractivity contribution is 7.89. The Morgan fingerprint density at radius 1 is 1.17 bits per heavy atom. The predicted octanol–water partition coefficient (Wildman–Crippen LogP) is 2.84.